The largest absolute Gasteiger partial charge is 0.450 e. The molecule has 10 heteroatoms. The molecule has 2 aromatic carbocycles. The van der Waals surface area contributed by atoms with Crippen LogP contribution in [0.1, 0.15) is 13.8 Å². The van der Waals surface area contributed by atoms with Crippen molar-refractivity contribution in [2.45, 2.75) is 24.8 Å². The molecular formula is C22H24N5O4S-. The molecule has 32 heavy (non-hydrogen) atoms. The maximum Gasteiger partial charge on any atom is 0.410 e. The van der Waals surface area contributed by atoms with Crippen molar-refractivity contribution < 1.29 is 18.8 Å². The van der Waals surface area contributed by atoms with Crippen molar-refractivity contribution in [3.8, 4) is 11.1 Å². The minimum absolute atomic E-state index is 0.0452. The molecule has 0 saturated heterocycles. The highest BCUT2D eigenvalue weighted by Gasteiger charge is 2.12. The van der Waals surface area contributed by atoms with Crippen LogP contribution in [-0.4, -0.2) is 40.4 Å². The SMILES string of the molecule is CCOC(=O)N=[S-](=O)c1ccc(Nc2ncc(-c3ccccc3)c(N[C@H](C)CO)n2)cc1. The summed E-state index contributed by atoms with van der Waals surface area (Å²) in [5, 5.41) is 15.7. The highest BCUT2D eigenvalue weighted by molar-refractivity contribution is 7.75. The summed E-state index contributed by atoms with van der Waals surface area (Å²) >= 11 is 0. The van der Waals surface area contributed by atoms with E-state index in [2.05, 4.69) is 29.7 Å². The van der Waals surface area contributed by atoms with Crippen LogP contribution in [0.5, 0.6) is 0 Å². The summed E-state index contributed by atoms with van der Waals surface area (Å²) in [5.41, 5.74) is 2.42. The Labute approximate surface area is 188 Å². The number of rotatable bonds is 8. The zero-order valence-corrected chi connectivity index (χ0v) is 18.5. The summed E-state index contributed by atoms with van der Waals surface area (Å²) in [6, 6.07) is 16.1. The third kappa shape index (κ3) is 6.25. The van der Waals surface area contributed by atoms with Crippen LogP contribution >= 0.6 is 0 Å². The van der Waals surface area contributed by atoms with E-state index in [9.17, 15) is 14.1 Å². The van der Waals surface area contributed by atoms with Gasteiger partial charge in [-0.1, -0.05) is 47.4 Å². The fraction of sp³-hybridized carbons (Fsp3) is 0.227. The third-order valence-corrected chi connectivity index (χ3v) is 5.26. The Balaban J connectivity index is 1.82. The van der Waals surface area contributed by atoms with Gasteiger partial charge in [0.2, 0.25) is 5.95 Å². The molecule has 0 bridgehead atoms. The van der Waals surface area contributed by atoms with Gasteiger partial charge in [0.1, 0.15) is 5.82 Å². The summed E-state index contributed by atoms with van der Waals surface area (Å²) in [5.74, 6) is 0.934. The molecule has 1 heterocycles. The van der Waals surface area contributed by atoms with Gasteiger partial charge >= 0.3 is 6.09 Å². The molecule has 0 aliphatic heterocycles. The molecule has 3 rings (SSSR count). The number of aliphatic hydroxyl groups excluding tert-OH is 1. The van der Waals surface area contributed by atoms with E-state index in [1.807, 2.05) is 37.3 Å². The summed E-state index contributed by atoms with van der Waals surface area (Å²) in [6.45, 7) is 3.62. The van der Waals surface area contributed by atoms with E-state index < -0.39 is 16.7 Å². The van der Waals surface area contributed by atoms with E-state index >= 15 is 0 Å². The van der Waals surface area contributed by atoms with E-state index in [1.54, 1.807) is 37.4 Å². The minimum atomic E-state index is -1.85. The zero-order chi connectivity index (χ0) is 22.9. The minimum Gasteiger partial charge on any atom is -0.450 e. The molecule has 3 aromatic rings. The van der Waals surface area contributed by atoms with Gasteiger partial charge in [0.15, 0.2) is 0 Å². The van der Waals surface area contributed by atoms with Crippen LogP contribution < -0.4 is 10.6 Å². The van der Waals surface area contributed by atoms with E-state index in [-0.39, 0.29) is 19.3 Å². The molecule has 168 valence electrons. The Hall–Kier alpha value is -3.50. The molecular weight excluding hydrogens is 430 g/mol. The lowest BCUT2D eigenvalue weighted by molar-refractivity contribution is 0.164. The fourth-order valence-electron chi connectivity index (χ4n) is 2.71. The molecule has 0 spiro atoms. The molecule has 0 saturated carbocycles. The van der Waals surface area contributed by atoms with Gasteiger partial charge < -0.3 is 24.7 Å². The lowest BCUT2D eigenvalue weighted by Crippen LogP contribution is -2.21. The Morgan fingerprint density at radius 2 is 1.91 bits per heavy atom. The number of aliphatic hydroxyl groups is 1. The normalized spacial score (nSPS) is 12.7. The standard InChI is InChI=1S/C22H24N5O4S/c1-3-31-22(29)27-32(30)18-11-9-17(10-12-18)25-21-23-13-19(16-7-5-4-6-8-16)20(26-21)24-15(2)14-28/h4-13,15,28H,3,14H2,1-2H3,(H2,23,24,25,26)/q-1/t15-/m1/s1. The molecule has 0 fully saturated rings. The molecule has 0 aliphatic rings. The second-order valence-corrected chi connectivity index (χ2v) is 7.89. The average Bonchev–Trinajstić information content (AvgIpc) is 2.80. The number of nitrogens with one attached hydrogen (secondary N) is 2. The first kappa shape index (κ1) is 23.2. The number of anilines is 3. The Kier molecular flexibility index (Phi) is 8.12. The van der Waals surface area contributed by atoms with Gasteiger partial charge in [-0.15, -0.1) is 10.6 Å². The van der Waals surface area contributed by atoms with E-state index in [4.69, 9.17) is 0 Å². The number of carbonyl (C=O) groups excluding carboxylic acids is 1. The number of amides is 1. The predicted octanol–water partition coefficient (Wildman–Crippen LogP) is 4.34. The van der Waals surface area contributed by atoms with Gasteiger partial charge in [0.05, 0.1) is 13.2 Å². The number of carbonyl (C=O) groups is 1. The third-order valence-electron chi connectivity index (χ3n) is 4.27. The summed E-state index contributed by atoms with van der Waals surface area (Å²) in [4.78, 5) is 20.7. The molecule has 0 unspecified atom stereocenters. The van der Waals surface area contributed by atoms with Gasteiger partial charge in [0.25, 0.3) is 0 Å². The summed E-state index contributed by atoms with van der Waals surface area (Å²) < 4.78 is 20.3. The monoisotopic (exact) mass is 454 g/mol. The second-order valence-electron chi connectivity index (χ2n) is 6.74. The van der Waals surface area contributed by atoms with Crippen molar-refractivity contribution in [2.24, 2.45) is 4.36 Å². The highest BCUT2D eigenvalue weighted by Crippen LogP contribution is 2.28. The maximum absolute atomic E-state index is 12.1. The maximum atomic E-state index is 12.1. The van der Waals surface area contributed by atoms with Crippen LogP contribution in [0.2, 0.25) is 0 Å². The number of nitrogens with zero attached hydrogens (tertiary/aromatic N) is 3. The molecule has 9 nitrogen and oxygen atoms in total. The second kappa shape index (κ2) is 11.2. The van der Waals surface area contributed by atoms with Crippen molar-refractivity contribution in [2.75, 3.05) is 23.8 Å². The number of benzene rings is 2. The smallest absolute Gasteiger partial charge is 0.410 e. The molecule has 1 aromatic heterocycles. The molecule has 0 aliphatic carbocycles. The molecule has 1 atom stereocenters. The van der Waals surface area contributed by atoms with Crippen molar-refractivity contribution in [1.29, 1.82) is 0 Å². The van der Waals surface area contributed by atoms with Crippen LogP contribution in [0.15, 0.2) is 70.1 Å². The highest BCUT2D eigenvalue weighted by atomic mass is 32.2. The van der Waals surface area contributed by atoms with Crippen molar-refractivity contribution in [3.63, 3.8) is 0 Å². The van der Waals surface area contributed by atoms with Gasteiger partial charge in [0, 0.05) is 23.5 Å². The van der Waals surface area contributed by atoms with Crippen LogP contribution in [0.25, 0.3) is 11.1 Å². The van der Waals surface area contributed by atoms with Crippen molar-refractivity contribution in [1.82, 2.24) is 9.97 Å². The Bertz CT molecular complexity index is 1130. The van der Waals surface area contributed by atoms with Crippen molar-refractivity contribution in [3.05, 3.63) is 60.8 Å². The first-order valence-corrected chi connectivity index (χ1v) is 11.1. The topological polar surface area (TPSA) is 126 Å². The summed E-state index contributed by atoms with van der Waals surface area (Å²) in [7, 11) is -1.85. The number of ether oxygens (including phenoxy) is 1. The molecule has 3 N–H and O–H groups in total. The van der Waals surface area contributed by atoms with E-state index in [0.29, 0.717) is 22.3 Å². The molecule has 1 amide bonds. The first-order valence-electron chi connectivity index (χ1n) is 9.97. The predicted molar refractivity (Wildman–Crippen MR) is 123 cm³/mol. The van der Waals surface area contributed by atoms with Crippen LogP contribution in [0.3, 0.4) is 0 Å². The average molecular weight is 455 g/mol. The Morgan fingerprint density at radius 3 is 2.56 bits per heavy atom. The quantitative estimate of drug-likeness (QED) is 0.429. The van der Waals surface area contributed by atoms with Gasteiger partial charge in [-0.25, -0.2) is 9.78 Å². The number of hydrogen-bond donors (Lipinski definition) is 3. The molecule has 0 radical (unpaired) electrons. The van der Waals surface area contributed by atoms with Gasteiger partial charge in [-0.05, 0) is 31.5 Å². The number of hydrogen-bond acceptors (Lipinski definition) is 9. The van der Waals surface area contributed by atoms with E-state index in [0.717, 1.165) is 11.1 Å². The lowest BCUT2D eigenvalue weighted by Gasteiger charge is -2.16. The summed E-state index contributed by atoms with van der Waals surface area (Å²) in [6.07, 6.45) is 0.843. The number of aromatic nitrogens is 2. The Morgan fingerprint density at radius 1 is 1.19 bits per heavy atom. The lowest BCUT2D eigenvalue weighted by atomic mass is 10.1. The van der Waals surface area contributed by atoms with Crippen molar-refractivity contribution >= 4 is 34.1 Å². The van der Waals surface area contributed by atoms with Crippen LogP contribution in [0.4, 0.5) is 22.2 Å². The fourth-order valence-corrected chi connectivity index (χ4v) is 3.38. The first-order chi connectivity index (χ1) is 15.5. The van der Waals surface area contributed by atoms with E-state index in [1.165, 1.54) is 0 Å². The van der Waals surface area contributed by atoms with Gasteiger partial charge in [-0.2, -0.15) is 4.98 Å². The van der Waals surface area contributed by atoms with Gasteiger partial charge in [-0.3, -0.25) is 4.36 Å². The van der Waals surface area contributed by atoms with Crippen LogP contribution in [-0.2, 0) is 19.5 Å². The zero-order valence-electron chi connectivity index (χ0n) is 17.7. The van der Waals surface area contributed by atoms with Crippen LogP contribution in [0, 0.1) is 0 Å².